The summed E-state index contributed by atoms with van der Waals surface area (Å²) in [7, 11) is 0. The number of hydrogen-bond acceptors (Lipinski definition) is 3. The Hall–Kier alpha value is -1.89. The molecule has 2 rings (SSSR count). The highest BCUT2D eigenvalue weighted by Gasteiger charge is 2.04. The Labute approximate surface area is 109 Å². The van der Waals surface area contributed by atoms with Gasteiger partial charge in [0.25, 0.3) is 5.56 Å². The molecular weight excluding hydrogens is 305 g/mol. The van der Waals surface area contributed by atoms with Gasteiger partial charge in [0.15, 0.2) is 0 Å². The van der Waals surface area contributed by atoms with Crippen LogP contribution in [-0.2, 0) is 6.54 Å². The van der Waals surface area contributed by atoms with Crippen LogP contribution in [0.3, 0.4) is 0 Å². The molecule has 7 heteroatoms. The van der Waals surface area contributed by atoms with Crippen molar-refractivity contribution in [2.75, 3.05) is 5.73 Å². The van der Waals surface area contributed by atoms with Crippen molar-refractivity contribution in [2.45, 2.75) is 6.54 Å². The molecule has 0 saturated carbocycles. The Kier molecular flexibility index (Phi) is 3.33. The monoisotopic (exact) mass is 313 g/mol. The van der Waals surface area contributed by atoms with Crippen molar-refractivity contribution in [2.24, 2.45) is 0 Å². The minimum absolute atomic E-state index is 0.121. The minimum Gasteiger partial charge on any atom is -0.399 e. The molecular formula is C11H9BrFN3O2. The van der Waals surface area contributed by atoms with Crippen molar-refractivity contribution in [3.05, 3.63) is 61.1 Å². The Morgan fingerprint density at radius 3 is 2.72 bits per heavy atom. The third-order valence-electron chi connectivity index (χ3n) is 2.30. The highest BCUT2D eigenvalue weighted by molar-refractivity contribution is 9.10. The molecule has 0 spiro atoms. The predicted molar refractivity (Wildman–Crippen MR) is 68.9 cm³/mol. The first-order valence-electron chi connectivity index (χ1n) is 5.00. The van der Waals surface area contributed by atoms with Gasteiger partial charge in [-0.2, -0.15) is 0 Å². The maximum Gasteiger partial charge on any atom is 0.328 e. The second-order valence-corrected chi connectivity index (χ2v) is 4.61. The van der Waals surface area contributed by atoms with E-state index >= 15 is 0 Å². The topological polar surface area (TPSA) is 80.9 Å². The van der Waals surface area contributed by atoms with E-state index in [2.05, 4.69) is 20.9 Å². The van der Waals surface area contributed by atoms with Crippen molar-refractivity contribution >= 4 is 21.6 Å². The molecule has 0 aliphatic carbocycles. The highest BCUT2D eigenvalue weighted by atomic mass is 79.9. The first kappa shape index (κ1) is 12.6. The normalized spacial score (nSPS) is 10.6. The smallest absolute Gasteiger partial charge is 0.328 e. The second kappa shape index (κ2) is 4.77. The van der Waals surface area contributed by atoms with E-state index in [9.17, 15) is 14.0 Å². The van der Waals surface area contributed by atoms with Crippen molar-refractivity contribution < 1.29 is 4.39 Å². The van der Waals surface area contributed by atoms with E-state index in [1.165, 1.54) is 22.9 Å². The average Bonchev–Trinajstić information content (AvgIpc) is 2.24. The summed E-state index contributed by atoms with van der Waals surface area (Å²) in [5, 5.41) is 0. The SMILES string of the molecule is Nc1cc(F)cc(Cn2cc(Br)c(=O)[nH]c2=O)c1. The van der Waals surface area contributed by atoms with E-state index in [0.717, 1.165) is 0 Å². The number of rotatable bonds is 2. The second-order valence-electron chi connectivity index (χ2n) is 3.76. The molecule has 3 N–H and O–H groups in total. The minimum atomic E-state index is -0.564. The summed E-state index contributed by atoms with van der Waals surface area (Å²) in [6.07, 6.45) is 1.35. The van der Waals surface area contributed by atoms with E-state index in [-0.39, 0.29) is 16.7 Å². The van der Waals surface area contributed by atoms with Crippen LogP contribution < -0.4 is 17.0 Å². The van der Waals surface area contributed by atoms with Crippen molar-refractivity contribution in [1.29, 1.82) is 0 Å². The summed E-state index contributed by atoms with van der Waals surface area (Å²) < 4.78 is 14.6. The lowest BCUT2D eigenvalue weighted by Crippen LogP contribution is -2.30. The molecule has 1 aromatic heterocycles. The zero-order valence-corrected chi connectivity index (χ0v) is 10.7. The van der Waals surface area contributed by atoms with Gasteiger partial charge < -0.3 is 5.73 Å². The van der Waals surface area contributed by atoms with Crippen LogP contribution in [0.5, 0.6) is 0 Å². The van der Waals surface area contributed by atoms with Gasteiger partial charge in [0.1, 0.15) is 5.82 Å². The predicted octanol–water partition coefficient (Wildman–Crippen LogP) is 1.07. The first-order valence-corrected chi connectivity index (χ1v) is 5.79. The van der Waals surface area contributed by atoms with Crippen LogP contribution in [0.1, 0.15) is 5.56 Å². The van der Waals surface area contributed by atoms with Crippen LogP contribution in [0.25, 0.3) is 0 Å². The van der Waals surface area contributed by atoms with Gasteiger partial charge in [-0.05, 0) is 39.7 Å². The standard InChI is InChI=1S/C11H9BrFN3O2/c12-9-5-16(11(18)15-10(9)17)4-6-1-7(13)3-8(14)2-6/h1-3,5H,4,14H2,(H,15,17,18). The lowest BCUT2D eigenvalue weighted by molar-refractivity contribution is 0.622. The van der Waals surface area contributed by atoms with E-state index in [0.29, 0.717) is 5.56 Å². The van der Waals surface area contributed by atoms with Gasteiger partial charge in [-0.25, -0.2) is 9.18 Å². The molecule has 1 heterocycles. The van der Waals surface area contributed by atoms with Crippen molar-refractivity contribution in [3.63, 3.8) is 0 Å². The largest absolute Gasteiger partial charge is 0.399 e. The molecule has 0 aliphatic heterocycles. The van der Waals surface area contributed by atoms with Gasteiger partial charge in [-0.3, -0.25) is 14.3 Å². The number of benzene rings is 1. The summed E-state index contributed by atoms with van der Waals surface area (Å²) in [5.74, 6) is -0.471. The summed E-state index contributed by atoms with van der Waals surface area (Å²) >= 11 is 3.02. The number of H-pyrrole nitrogens is 1. The number of nitrogen functional groups attached to an aromatic ring is 1. The molecule has 94 valence electrons. The number of halogens is 2. The number of nitrogens with one attached hydrogen (secondary N) is 1. The van der Waals surface area contributed by atoms with Crippen LogP contribution >= 0.6 is 15.9 Å². The molecule has 0 fully saturated rings. The van der Waals surface area contributed by atoms with E-state index in [4.69, 9.17) is 5.73 Å². The van der Waals surface area contributed by atoms with Gasteiger partial charge in [0, 0.05) is 11.9 Å². The van der Waals surface area contributed by atoms with Gasteiger partial charge in [0.2, 0.25) is 0 Å². The number of nitrogens with two attached hydrogens (primary N) is 1. The van der Waals surface area contributed by atoms with Crippen LogP contribution in [-0.4, -0.2) is 9.55 Å². The molecule has 0 unspecified atom stereocenters. The van der Waals surface area contributed by atoms with E-state index in [1.54, 1.807) is 6.07 Å². The number of hydrogen-bond donors (Lipinski definition) is 2. The lowest BCUT2D eigenvalue weighted by Gasteiger charge is -2.06. The molecule has 18 heavy (non-hydrogen) atoms. The maximum absolute atomic E-state index is 13.1. The molecule has 0 atom stereocenters. The van der Waals surface area contributed by atoms with Gasteiger partial charge >= 0.3 is 5.69 Å². The summed E-state index contributed by atoms with van der Waals surface area (Å²) in [6.45, 7) is 0.121. The van der Waals surface area contributed by atoms with Gasteiger partial charge in [-0.15, -0.1) is 0 Å². The molecule has 0 aliphatic rings. The third-order valence-corrected chi connectivity index (χ3v) is 2.87. The molecule has 0 saturated heterocycles. The van der Waals surface area contributed by atoms with Crippen molar-refractivity contribution in [1.82, 2.24) is 9.55 Å². The quantitative estimate of drug-likeness (QED) is 0.814. The van der Waals surface area contributed by atoms with Crippen LogP contribution in [0.15, 0.2) is 38.5 Å². The zero-order valence-electron chi connectivity index (χ0n) is 9.11. The Balaban J connectivity index is 2.43. The van der Waals surface area contributed by atoms with Crippen molar-refractivity contribution in [3.8, 4) is 0 Å². The highest BCUT2D eigenvalue weighted by Crippen LogP contribution is 2.11. The fourth-order valence-electron chi connectivity index (χ4n) is 1.56. The number of aromatic amines is 1. The Morgan fingerprint density at radius 2 is 2.06 bits per heavy atom. The summed E-state index contributed by atoms with van der Waals surface area (Å²) in [5.41, 5.74) is 5.26. The first-order chi connectivity index (χ1) is 8.45. The van der Waals surface area contributed by atoms with Gasteiger partial charge in [0.05, 0.1) is 11.0 Å². The molecule has 0 amide bonds. The molecule has 1 aromatic carbocycles. The van der Waals surface area contributed by atoms with Crippen LogP contribution in [0, 0.1) is 5.82 Å². The molecule has 2 aromatic rings. The molecule has 0 radical (unpaired) electrons. The number of nitrogens with zero attached hydrogens (tertiary/aromatic N) is 1. The van der Waals surface area contributed by atoms with E-state index in [1.807, 2.05) is 0 Å². The fourth-order valence-corrected chi connectivity index (χ4v) is 1.91. The summed E-state index contributed by atoms with van der Waals surface area (Å²) in [6, 6.07) is 4.03. The number of aromatic nitrogens is 2. The zero-order chi connectivity index (χ0) is 13.3. The van der Waals surface area contributed by atoms with Gasteiger partial charge in [-0.1, -0.05) is 0 Å². The Morgan fingerprint density at radius 1 is 1.33 bits per heavy atom. The molecule has 5 nitrogen and oxygen atoms in total. The summed E-state index contributed by atoms with van der Waals surface area (Å²) in [4.78, 5) is 24.8. The number of anilines is 1. The lowest BCUT2D eigenvalue weighted by atomic mass is 10.2. The average molecular weight is 314 g/mol. The maximum atomic E-state index is 13.1. The molecule has 0 bridgehead atoms. The third kappa shape index (κ3) is 2.67. The van der Waals surface area contributed by atoms with Crippen LogP contribution in [0.4, 0.5) is 10.1 Å². The van der Waals surface area contributed by atoms with E-state index < -0.39 is 17.1 Å². The fraction of sp³-hybridized carbons (Fsp3) is 0.0909. The van der Waals surface area contributed by atoms with Crippen LogP contribution in [0.2, 0.25) is 0 Å². The Bertz CT molecular complexity index is 688.